The number of hydrogen-bond acceptors (Lipinski definition) is 2. The van der Waals surface area contributed by atoms with Gasteiger partial charge in [-0.25, -0.2) is 0 Å². The number of nitrogens with zero attached hydrogens (tertiary/aromatic N) is 1. The van der Waals surface area contributed by atoms with Crippen molar-refractivity contribution in [3.8, 4) is 0 Å². The van der Waals surface area contributed by atoms with E-state index in [2.05, 4.69) is 0 Å². The van der Waals surface area contributed by atoms with E-state index >= 15 is 0 Å². The van der Waals surface area contributed by atoms with E-state index in [1.165, 1.54) is 5.70 Å². The molecule has 50 valence electrons. The van der Waals surface area contributed by atoms with Crippen LogP contribution in [0.1, 0.15) is 0 Å². The molecule has 2 heteroatoms. The summed E-state index contributed by atoms with van der Waals surface area (Å²) in [6.07, 6.45) is 6.04. The van der Waals surface area contributed by atoms with Gasteiger partial charge < -0.3 is 10.6 Å². The molecule has 1 aliphatic rings. The Morgan fingerprint density at radius 2 is 2.22 bits per heavy atom. The van der Waals surface area contributed by atoms with E-state index in [-0.39, 0.29) is 6.04 Å². The highest BCUT2D eigenvalue weighted by molar-refractivity contribution is 5.29. The highest BCUT2D eigenvalue weighted by Crippen LogP contribution is 2.09. The van der Waals surface area contributed by atoms with Gasteiger partial charge in [0.15, 0.2) is 0 Å². The van der Waals surface area contributed by atoms with Crippen molar-refractivity contribution >= 4 is 0 Å². The van der Waals surface area contributed by atoms with Gasteiger partial charge in [0.1, 0.15) is 0 Å². The molecule has 0 aliphatic heterocycles. The first-order valence-electron chi connectivity index (χ1n) is 3.03. The Hall–Kier alpha value is -0.760. The fraction of sp³-hybridized carbons (Fsp3) is 0.429. The van der Waals surface area contributed by atoms with Crippen molar-refractivity contribution in [3.05, 3.63) is 23.9 Å². The molecule has 1 atom stereocenters. The maximum atomic E-state index is 5.57. The van der Waals surface area contributed by atoms with Crippen LogP contribution < -0.4 is 5.73 Å². The molecule has 1 rings (SSSR count). The van der Waals surface area contributed by atoms with Crippen LogP contribution in [0.25, 0.3) is 0 Å². The van der Waals surface area contributed by atoms with Crippen molar-refractivity contribution in [1.82, 2.24) is 4.90 Å². The van der Waals surface area contributed by atoms with E-state index in [9.17, 15) is 0 Å². The van der Waals surface area contributed by atoms with Gasteiger partial charge in [0.05, 0.1) is 0 Å². The van der Waals surface area contributed by atoms with E-state index in [0.29, 0.717) is 0 Å². The predicted octanol–water partition coefficient (Wildman–Crippen LogP) is 0.329. The van der Waals surface area contributed by atoms with Gasteiger partial charge >= 0.3 is 0 Å². The molecule has 0 aromatic rings. The van der Waals surface area contributed by atoms with Crippen LogP contribution in [0.5, 0.6) is 0 Å². The molecular formula is C7H12N2. The number of rotatable bonds is 1. The molecule has 0 amide bonds. The zero-order valence-corrected chi connectivity index (χ0v) is 5.83. The maximum Gasteiger partial charge on any atom is 0.0437 e. The summed E-state index contributed by atoms with van der Waals surface area (Å²) in [7, 11) is 4.02. The molecule has 0 spiro atoms. The van der Waals surface area contributed by atoms with Crippen LogP contribution in [0, 0.1) is 0 Å². The van der Waals surface area contributed by atoms with Crippen LogP contribution in [0.3, 0.4) is 0 Å². The average molecular weight is 124 g/mol. The number of hydrogen-bond donors (Lipinski definition) is 1. The Morgan fingerprint density at radius 1 is 1.56 bits per heavy atom. The van der Waals surface area contributed by atoms with Crippen LogP contribution in [0.4, 0.5) is 0 Å². The quantitative estimate of drug-likeness (QED) is 0.545. The Labute approximate surface area is 55.6 Å². The summed E-state index contributed by atoms with van der Waals surface area (Å²) in [6.45, 7) is 0. The number of nitrogens with two attached hydrogens (primary N) is 1. The highest BCUT2D eigenvalue weighted by atomic mass is 15.1. The van der Waals surface area contributed by atoms with Crippen molar-refractivity contribution in [2.45, 2.75) is 6.04 Å². The lowest BCUT2D eigenvalue weighted by Crippen LogP contribution is -2.12. The van der Waals surface area contributed by atoms with Gasteiger partial charge in [0.2, 0.25) is 0 Å². The third kappa shape index (κ3) is 1.33. The summed E-state index contributed by atoms with van der Waals surface area (Å²) in [4.78, 5) is 2.04. The van der Waals surface area contributed by atoms with Crippen molar-refractivity contribution < 1.29 is 0 Å². The lowest BCUT2D eigenvalue weighted by Gasteiger charge is -2.10. The number of allylic oxidation sites excluding steroid dienone is 1. The SMILES string of the molecule is CN(C)C1=CC(N)C=C1. The lowest BCUT2D eigenvalue weighted by molar-refractivity contribution is 0.530. The first kappa shape index (κ1) is 6.36. The summed E-state index contributed by atoms with van der Waals surface area (Å²) in [5, 5.41) is 0. The third-order valence-electron chi connectivity index (χ3n) is 1.37. The summed E-state index contributed by atoms with van der Waals surface area (Å²) < 4.78 is 0. The molecule has 0 bridgehead atoms. The fourth-order valence-corrected chi connectivity index (χ4v) is 0.816. The zero-order valence-electron chi connectivity index (χ0n) is 5.83. The molecule has 2 nitrogen and oxygen atoms in total. The summed E-state index contributed by atoms with van der Waals surface area (Å²) in [6, 6.07) is 0.127. The van der Waals surface area contributed by atoms with Gasteiger partial charge in [-0.1, -0.05) is 6.08 Å². The molecule has 0 saturated heterocycles. The Kier molecular flexibility index (Phi) is 1.58. The molecular weight excluding hydrogens is 112 g/mol. The minimum Gasteiger partial charge on any atom is -0.378 e. The largest absolute Gasteiger partial charge is 0.378 e. The smallest absolute Gasteiger partial charge is 0.0437 e. The van der Waals surface area contributed by atoms with Gasteiger partial charge in [0, 0.05) is 25.8 Å². The third-order valence-corrected chi connectivity index (χ3v) is 1.37. The molecule has 1 aliphatic carbocycles. The van der Waals surface area contributed by atoms with Crippen LogP contribution in [0.2, 0.25) is 0 Å². The Morgan fingerprint density at radius 3 is 2.44 bits per heavy atom. The maximum absolute atomic E-state index is 5.57. The Bertz CT molecular complexity index is 156. The van der Waals surface area contributed by atoms with E-state index in [4.69, 9.17) is 5.73 Å². The number of likely N-dealkylation sites (N-methyl/N-ethyl adjacent to an activating group) is 1. The van der Waals surface area contributed by atoms with Gasteiger partial charge in [-0.05, 0) is 12.2 Å². The first-order valence-corrected chi connectivity index (χ1v) is 3.03. The zero-order chi connectivity index (χ0) is 6.85. The average Bonchev–Trinajstić information content (AvgIpc) is 2.14. The standard InChI is InChI=1S/C7H12N2/c1-9(2)7-4-3-6(8)5-7/h3-6H,8H2,1-2H3. The van der Waals surface area contributed by atoms with E-state index < -0.39 is 0 Å². The molecule has 0 heterocycles. The molecule has 2 N–H and O–H groups in total. The topological polar surface area (TPSA) is 29.3 Å². The molecule has 0 aromatic heterocycles. The first-order chi connectivity index (χ1) is 4.20. The Balaban J connectivity index is 2.64. The van der Waals surface area contributed by atoms with Crippen molar-refractivity contribution in [2.24, 2.45) is 5.73 Å². The predicted molar refractivity (Wildman–Crippen MR) is 38.9 cm³/mol. The van der Waals surface area contributed by atoms with Crippen LogP contribution in [-0.4, -0.2) is 25.0 Å². The van der Waals surface area contributed by atoms with Gasteiger partial charge in [-0.15, -0.1) is 0 Å². The molecule has 0 fully saturated rings. The van der Waals surface area contributed by atoms with Gasteiger partial charge in [-0.3, -0.25) is 0 Å². The minimum atomic E-state index is 0.127. The van der Waals surface area contributed by atoms with Gasteiger partial charge in [-0.2, -0.15) is 0 Å². The second-order valence-electron chi connectivity index (χ2n) is 2.42. The second kappa shape index (κ2) is 2.23. The van der Waals surface area contributed by atoms with Crippen molar-refractivity contribution in [2.75, 3.05) is 14.1 Å². The van der Waals surface area contributed by atoms with Crippen LogP contribution in [-0.2, 0) is 0 Å². The monoisotopic (exact) mass is 124 g/mol. The molecule has 0 aromatic carbocycles. The summed E-state index contributed by atoms with van der Waals surface area (Å²) in [5.41, 5.74) is 6.77. The summed E-state index contributed by atoms with van der Waals surface area (Å²) in [5.74, 6) is 0. The molecule has 9 heavy (non-hydrogen) atoms. The van der Waals surface area contributed by atoms with E-state index in [0.717, 1.165) is 0 Å². The van der Waals surface area contributed by atoms with Crippen molar-refractivity contribution in [3.63, 3.8) is 0 Å². The molecule has 1 unspecified atom stereocenters. The minimum absolute atomic E-state index is 0.127. The van der Waals surface area contributed by atoms with Crippen molar-refractivity contribution in [1.29, 1.82) is 0 Å². The van der Waals surface area contributed by atoms with E-state index in [1.807, 2.05) is 37.2 Å². The fourth-order valence-electron chi connectivity index (χ4n) is 0.816. The van der Waals surface area contributed by atoms with E-state index in [1.54, 1.807) is 0 Å². The lowest BCUT2D eigenvalue weighted by atomic mass is 10.3. The van der Waals surface area contributed by atoms with Crippen LogP contribution >= 0.6 is 0 Å². The highest BCUT2D eigenvalue weighted by Gasteiger charge is 2.04. The van der Waals surface area contributed by atoms with Crippen LogP contribution in [0.15, 0.2) is 23.9 Å². The molecule has 0 saturated carbocycles. The summed E-state index contributed by atoms with van der Waals surface area (Å²) >= 11 is 0. The second-order valence-corrected chi connectivity index (χ2v) is 2.42. The normalized spacial score (nSPS) is 24.3. The van der Waals surface area contributed by atoms with Gasteiger partial charge in [0.25, 0.3) is 0 Å². The molecule has 0 radical (unpaired) electrons.